The molecule has 15 heavy (non-hydrogen) atoms. The number of aromatic nitrogens is 3. The van der Waals surface area contributed by atoms with E-state index in [-0.39, 0.29) is 0 Å². The fourth-order valence-corrected chi connectivity index (χ4v) is 3.29. The molecule has 3 N–H and O–H groups in total. The summed E-state index contributed by atoms with van der Waals surface area (Å²) in [5, 5.41) is 7.35. The summed E-state index contributed by atoms with van der Waals surface area (Å²) in [7, 11) is 0. The van der Waals surface area contributed by atoms with Crippen LogP contribution in [0.25, 0.3) is 0 Å². The van der Waals surface area contributed by atoms with Crippen LogP contribution in [0, 0.1) is 11.8 Å². The standard InChI is InChI=1S/C11H18N4/c12-4-3-10-13-11(15-14-10)9-6-7-1-2-8(9)5-7/h7-9H,1-6,12H2,(H,13,14,15). The molecule has 2 aliphatic rings. The second kappa shape index (κ2) is 3.59. The van der Waals surface area contributed by atoms with Gasteiger partial charge < -0.3 is 5.73 Å². The van der Waals surface area contributed by atoms with Crippen molar-refractivity contribution in [3.8, 4) is 0 Å². The third-order valence-electron chi connectivity index (χ3n) is 4.00. The lowest BCUT2D eigenvalue weighted by Crippen LogP contribution is -2.10. The Morgan fingerprint density at radius 2 is 2.27 bits per heavy atom. The van der Waals surface area contributed by atoms with Gasteiger partial charge in [-0.1, -0.05) is 6.42 Å². The normalized spacial score (nSPS) is 33.8. The lowest BCUT2D eigenvalue weighted by atomic mass is 9.88. The molecule has 0 amide bonds. The van der Waals surface area contributed by atoms with E-state index in [4.69, 9.17) is 5.73 Å². The van der Waals surface area contributed by atoms with Crippen molar-refractivity contribution in [1.29, 1.82) is 0 Å². The van der Waals surface area contributed by atoms with Crippen LogP contribution >= 0.6 is 0 Å². The van der Waals surface area contributed by atoms with Gasteiger partial charge in [-0.15, -0.1) is 0 Å². The van der Waals surface area contributed by atoms with Gasteiger partial charge in [-0.3, -0.25) is 5.10 Å². The molecule has 2 bridgehead atoms. The van der Waals surface area contributed by atoms with Gasteiger partial charge in [-0.2, -0.15) is 5.10 Å². The highest BCUT2D eigenvalue weighted by atomic mass is 15.2. The smallest absolute Gasteiger partial charge is 0.154 e. The first-order valence-electron chi connectivity index (χ1n) is 5.98. The maximum atomic E-state index is 5.50. The van der Waals surface area contributed by atoms with Gasteiger partial charge in [0.25, 0.3) is 0 Å². The monoisotopic (exact) mass is 206 g/mol. The molecule has 2 fully saturated rings. The molecular weight excluding hydrogens is 188 g/mol. The molecule has 0 aliphatic heterocycles. The van der Waals surface area contributed by atoms with Gasteiger partial charge >= 0.3 is 0 Å². The highest BCUT2D eigenvalue weighted by molar-refractivity contribution is 5.07. The van der Waals surface area contributed by atoms with Crippen molar-refractivity contribution in [2.45, 2.75) is 38.0 Å². The van der Waals surface area contributed by atoms with E-state index in [1.807, 2.05) is 0 Å². The fourth-order valence-electron chi connectivity index (χ4n) is 3.29. The lowest BCUT2D eigenvalue weighted by Gasteiger charge is -2.17. The second-order valence-corrected chi connectivity index (χ2v) is 4.96. The Morgan fingerprint density at radius 3 is 2.93 bits per heavy atom. The van der Waals surface area contributed by atoms with Crippen LogP contribution in [-0.2, 0) is 6.42 Å². The molecule has 3 unspecified atom stereocenters. The quantitative estimate of drug-likeness (QED) is 0.781. The molecule has 0 saturated heterocycles. The zero-order valence-electron chi connectivity index (χ0n) is 8.95. The predicted octanol–water partition coefficient (Wildman–Crippen LogP) is 1.21. The molecule has 4 heteroatoms. The highest BCUT2D eigenvalue weighted by Crippen LogP contribution is 2.51. The zero-order chi connectivity index (χ0) is 10.3. The maximum Gasteiger partial charge on any atom is 0.154 e. The summed E-state index contributed by atoms with van der Waals surface area (Å²) in [6, 6.07) is 0. The van der Waals surface area contributed by atoms with Gasteiger partial charge in [-0.25, -0.2) is 4.98 Å². The summed E-state index contributed by atoms with van der Waals surface area (Å²) < 4.78 is 0. The average Bonchev–Trinajstić information content (AvgIpc) is 2.91. The first-order chi connectivity index (χ1) is 7.36. The van der Waals surface area contributed by atoms with Crippen LogP contribution in [0.1, 0.15) is 43.3 Å². The summed E-state index contributed by atoms with van der Waals surface area (Å²) in [6.07, 6.45) is 6.35. The first-order valence-corrected chi connectivity index (χ1v) is 5.98. The van der Waals surface area contributed by atoms with E-state index in [2.05, 4.69) is 15.2 Å². The number of aromatic amines is 1. The fraction of sp³-hybridized carbons (Fsp3) is 0.818. The second-order valence-electron chi connectivity index (χ2n) is 4.96. The van der Waals surface area contributed by atoms with Gasteiger partial charge in [-0.05, 0) is 37.6 Å². The molecule has 2 aliphatic carbocycles. The molecular formula is C11H18N4. The Kier molecular flexibility index (Phi) is 2.24. The van der Waals surface area contributed by atoms with Crippen molar-refractivity contribution in [3.05, 3.63) is 11.6 Å². The molecule has 4 nitrogen and oxygen atoms in total. The van der Waals surface area contributed by atoms with Crippen molar-refractivity contribution < 1.29 is 0 Å². The van der Waals surface area contributed by atoms with Gasteiger partial charge in [0, 0.05) is 12.3 Å². The minimum atomic E-state index is 0.631. The third kappa shape index (κ3) is 1.57. The van der Waals surface area contributed by atoms with Gasteiger partial charge in [0.2, 0.25) is 0 Å². The van der Waals surface area contributed by atoms with Crippen LogP contribution in [0.15, 0.2) is 0 Å². The van der Waals surface area contributed by atoms with E-state index < -0.39 is 0 Å². The molecule has 3 atom stereocenters. The van der Waals surface area contributed by atoms with Crippen molar-refractivity contribution in [3.63, 3.8) is 0 Å². The minimum absolute atomic E-state index is 0.631. The Bertz CT molecular complexity index is 346. The van der Waals surface area contributed by atoms with Crippen molar-refractivity contribution in [1.82, 2.24) is 15.2 Å². The minimum Gasteiger partial charge on any atom is -0.330 e. The Morgan fingerprint density at radius 1 is 1.33 bits per heavy atom. The molecule has 0 spiro atoms. The number of nitrogens with zero attached hydrogens (tertiary/aromatic N) is 2. The Labute approximate surface area is 89.7 Å². The predicted molar refractivity (Wildman–Crippen MR) is 57.3 cm³/mol. The largest absolute Gasteiger partial charge is 0.330 e. The van der Waals surface area contributed by atoms with Gasteiger partial charge in [0.05, 0.1) is 0 Å². The summed E-state index contributed by atoms with van der Waals surface area (Å²) >= 11 is 0. The molecule has 2 saturated carbocycles. The lowest BCUT2D eigenvalue weighted by molar-refractivity contribution is 0.406. The van der Waals surface area contributed by atoms with Crippen molar-refractivity contribution >= 4 is 0 Å². The Hall–Kier alpha value is -0.900. The number of rotatable bonds is 3. The number of fused-ring (bicyclic) bond motifs is 2. The molecule has 1 aromatic rings. The van der Waals surface area contributed by atoms with E-state index >= 15 is 0 Å². The Balaban J connectivity index is 1.75. The van der Waals surface area contributed by atoms with Gasteiger partial charge in [0.15, 0.2) is 5.82 Å². The van der Waals surface area contributed by atoms with E-state index in [1.165, 1.54) is 25.7 Å². The van der Waals surface area contributed by atoms with Crippen LogP contribution in [0.3, 0.4) is 0 Å². The maximum absolute atomic E-state index is 5.50. The number of nitrogens with one attached hydrogen (secondary N) is 1. The van der Waals surface area contributed by atoms with Gasteiger partial charge in [0.1, 0.15) is 5.82 Å². The van der Waals surface area contributed by atoms with Crippen molar-refractivity contribution in [2.24, 2.45) is 17.6 Å². The van der Waals surface area contributed by atoms with E-state index in [0.29, 0.717) is 12.5 Å². The third-order valence-corrected chi connectivity index (χ3v) is 4.00. The molecule has 1 aromatic heterocycles. The molecule has 3 rings (SSSR count). The van der Waals surface area contributed by atoms with E-state index in [9.17, 15) is 0 Å². The number of hydrogen-bond acceptors (Lipinski definition) is 3. The van der Waals surface area contributed by atoms with E-state index in [1.54, 1.807) is 0 Å². The number of nitrogens with two attached hydrogens (primary N) is 1. The highest BCUT2D eigenvalue weighted by Gasteiger charge is 2.41. The topological polar surface area (TPSA) is 67.6 Å². The summed E-state index contributed by atoms with van der Waals surface area (Å²) in [4.78, 5) is 4.55. The first kappa shape index (κ1) is 9.33. The molecule has 1 heterocycles. The summed E-state index contributed by atoms with van der Waals surface area (Å²) in [6.45, 7) is 0.644. The van der Waals surface area contributed by atoms with Crippen LogP contribution in [0.2, 0.25) is 0 Å². The molecule has 82 valence electrons. The number of hydrogen-bond donors (Lipinski definition) is 2. The summed E-state index contributed by atoms with van der Waals surface area (Å²) in [5.41, 5.74) is 5.50. The average molecular weight is 206 g/mol. The number of H-pyrrole nitrogens is 1. The van der Waals surface area contributed by atoms with Crippen LogP contribution < -0.4 is 5.73 Å². The van der Waals surface area contributed by atoms with Crippen LogP contribution in [-0.4, -0.2) is 21.7 Å². The van der Waals surface area contributed by atoms with Crippen molar-refractivity contribution in [2.75, 3.05) is 6.54 Å². The SMILES string of the molecule is NCCc1nc(C2CC3CCC2C3)n[nH]1. The molecule has 0 aromatic carbocycles. The summed E-state index contributed by atoms with van der Waals surface area (Å²) in [5.74, 6) is 4.44. The van der Waals surface area contributed by atoms with Crippen LogP contribution in [0.5, 0.6) is 0 Å². The van der Waals surface area contributed by atoms with Crippen LogP contribution in [0.4, 0.5) is 0 Å². The van der Waals surface area contributed by atoms with E-state index in [0.717, 1.165) is 29.9 Å². The molecule has 0 radical (unpaired) electrons. The zero-order valence-corrected chi connectivity index (χ0v) is 8.95.